The lowest BCUT2D eigenvalue weighted by Gasteiger charge is -2.18. The zero-order valence-electron chi connectivity index (χ0n) is 16.8. The highest BCUT2D eigenvalue weighted by Crippen LogP contribution is 2.48. The van der Waals surface area contributed by atoms with Crippen molar-refractivity contribution in [2.45, 2.75) is 49.0 Å². The van der Waals surface area contributed by atoms with Gasteiger partial charge < -0.3 is 10.1 Å². The molecule has 2 N–H and O–H groups in total. The van der Waals surface area contributed by atoms with E-state index in [1.54, 1.807) is 18.2 Å². The van der Waals surface area contributed by atoms with E-state index in [-0.39, 0.29) is 16.9 Å². The molecule has 8 heteroatoms. The molecule has 0 spiro atoms. The molecule has 0 aromatic heterocycles. The van der Waals surface area contributed by atoms with Crippen LogP contribution in [0.2, 0.25) is 5.02 Å². The average Bonchev–Trinajstić information content (AvgIpc) is 3.36. The second-order valence-electron chi connectivity index (χ2n) is 8.02. The van der Waals surface area contributed by atoms with Crippen molar-refractivity contribution in [3.8, 4) is 0 Å². The average molecular weight is 449 g/mol. The minimum atomic E-state index is -3.75. The lowest BCUT2D eigenvalue weighted by atomic mass is 9.94. The van der Waals surface area contributed by atoms with Gasteiger partial charge in [-0.05, 0) is 68.0 Å². The van der Waals surface area contributed by atoms with Crippen molar-refractivity contribution >= 4 is 33.2 Å². The summed E-state index contributed by atoms with van der Waals surface area (Å²) in [6.45, 7) is 3.12. The molecule has 30 heavy (non-hydrogen) atoms. The van der Waals surface area contributed by atoms with Gasteiger partial charge >= 0.3 is 0 Å². The maximum Gasteiger partial charge on any atom is 0.261 e. The van der Waals surface area contributed by atoms with Gasteiger partial charge in [0, 0.05) is 23.9 Å². The third kappa shape index (κ3) is 4.33. The van der Waals surface area contributed by atoms with E-state index in [4.69, 9.17) is 16.3 Å². The molecule has 0 unspecified atom stereocenters. The molecule has 2 fully saturated rings. The first kappa shape index (κ1) is 21.2. The predicted molar refractivity (Wildman–Crippen MR) is 116 cm³/mol. The number of nitrogens with one attached hydrogen (secondary N) is 2. The van der Waals surface area contributed by atoms with Crippen LogP contribution in [-0.2, 0) is 25.0 Å². The van der Waals surface area contributed by atoms with E-state index in [2.05, 4.69) is 10.0 Å². The van der Waals surface area contributed by atoms with Crippen LogP contribution in [0.1, 0.15) is 36.8 Å². The number of aryl methyl sites for hydroxylation is 1. The molecule has 1 heterocycles. The van der Waals surface area contributed by atoms with Crippen molar-refractivity contribution in [3.05, 3.63) is 58.6 Å². The van der Waals surface area contributed by atoms with Crippen molar-refractivity contribution in [2.24, 2.45) is 0 Å². The summed E-state index contributed by atoms with van der Waals surface area (Å²) in [5.74, 6) is 0.0145. The van der Waals surface area contributed by atoms with Crippen molar-refractivity contribution in [3.63, 3.8) is 0 Å². The van der Waals surface area contributed by atoms with E-state index in [1.165, 1.54) is 12.1 Å². The fraction of sp³-hybridized carbons (Fsp3) is 0.409. The number of hydrogen-bond donors (Lipinski definition) is 2. The number of amides is 1. The number of halogens is 1. The smallest absolute Gasteiger partial charge is 0.261 e. The Kier molecular flexibility index (Phi) is 5.79. The Morgan fingerprint density at radius 1 is 1.20 bits per heavy atom. The molecular formula is C22H25ClN2O4S. The molecule has 6 nitrogen and oxygen atoms in total. The van der Waals surface area contributed by atoms with Gasteiger partial charge in [0.25, 0.3) is 10.0 Å². The molecule has 1 amide bonds. The fourth-order valence-corrected chi connectivity index (χ4v) is 5.09. The summed E-state index contributed by atoms with van der Waals surface area (Å²) in [7, 11) is -3.75. The van der Waals surface area contributed by atoms with Crippen molar-refractivity contribution in [1.82, 2.24) is 5.32 Å². The normalized spacial score (nSPS) is 20.0. The Morgan fingerprint density at radius 3 is 2.53 bits per heavy atom. The minimum absolute atomic E-state index is 0.0145. The molecular weight excluding hydrogens is 424 g/mol. The highest BCUT2D eigenvalue weighted by atomic mass is 35.5. The molecule has 0 bridgehead atoms. The molecule has 2 aliphatic rings. The topological polar surface area (TPSA) is 84.5 Å². The zero-order chi connectivity index (χ0) is 21.4. The number of sulfonamides is 1. The maximum atomic E-state index is 12.8. The first-order valence-electron chi connectivity index (χ1n) is 10.1. The molecule has 1 saturated carbocycles. The molecule has 4 rings (SSSR count). The summed E-state index contributed by atoms with van der Waals surface area (Å²) >= 11 is 6.06. The molecule has 2 aromatic rings. The molecule has 2 aromatic carbocycles. The Morgan fingerprint density at radius 2 is 1.93 bits per heavy atom. The number of carbonyl (C=O) groups is 1. The van der Waals surface area contributed by atoms with Gasteiger partial charge in [0.05, 0.1) is 16.4 Å². The second-order valence-corrected chi connectivity index (χ2v) is 10.1. The highest BCUT2D eigenvalue weighted by molar-refractivity contribution is 7.92. The first-order chi connectivity index (χ1) is 14.3. The van der Waals surface area contributed by atoms with E-state index in [0.717, 1.165) is 43.4 Å². The summed E-state index contributed by atoms with van der Waals surface area (Å²) in [6.07, 6.45) is 3.71. The minimum Gasteiger partial charge on any atom is -0.376 e. The number of benzene rings is 2. The van der Waals surface area contributed by atoms with Crippen LogP contribution in [0.5, 0.6) is 0 Å². The molecule has 0 radical (unpaired) electrons. The molecule has 1 aliphatic heterocycles. The third-order valence-corrected chi connectivity index (χ3v) is 7.63. The van der Waals surface area contributed by atoms with Crippen molar-refractivity contribution in [2.75, 3.05) is 17.9 Å². The predicted octanol–water partition coefficient (Wildman–Crippen LogP) is 3.78. The van der Waals surface area contributed by atoms with Gasteiger partial charge in [-0.2, -0.15) is 0 Å². The monoisotopic (exact) mass is 448 g/mol. The summed E-state index contributed by atoms with van der Waals surface area (Å²) < 4.78 is 33.4. The van der Waals surface area contributed by atoms with Crippen LogP contribution in [-0.4, -0.2) is 33.6 Å². The number of hydrogen-bond acceptors (Lipinski definition) is 4. The van der Waals surface area contributed by atoms with Gasteiger partial charge in [0.15, 0.2) is 0 Å². The molecule has 160 valence electrons. The van der Waals surface area contributed by atoms with Crippen molar-refractivity contribution < 1.29 is 17.9 Å². The fourth-order valence-electron chi connectivity index (χ4n) is 3.77. The van der Waals surface area contributed by atoms with Crippen LogP contribution in [0.4, 0.5) is 5.69 Å². The van der Waals surface area contributed by atoms with Crippen molar-refractivity contribution in [1.29, 1.82) is 0 Å². The Labute approximate surface area is 182 Å². The van der Waals surface area contributed by atoms with Gasteiger partial charge in [0.1, 0.15) is 0 Å². The Bertz CT molecular complexity index is 1040. The van der Waals surface area contributed by atoms with Gasteiger partial charge in [-0.15, -0.1) is 0 Å². The standard InChI is InChI=1S/C22H25ClN2O4S/c1-15-4-9-19(13-20(15)23)30(27,28)25-17-7-5-16(6-8-17)22(10-11-22)21(26)24-14-18-3-2-12-29-18/h4-9,13,18,25H,2-3,10-12,14H2,1H3,(H,24,26)/t18-/m0/s1. The van der Waals surface area contributed by atoms with E-state index in [0.29, 0.717) is 17.3 Å². The van der Waals surface area contributed by atoms with Gasteiger partial charge in [-0.1, -0.05) is 29.8 Å². The van der Waals surface area contributed by atoms with Gasteiger partial charge in [-0.25, -0.2) is 8.42 Å². The van der Waals surface area contributed by atoms with Crippen LogP contribution < -0.4 is 10.0 Å². The molecule has 1 aliphatic carbocycles. The van der Waals surface area contributed by atoms with Crippen LogP contribution in [0.25, 0.3) is 0 Å². The number of ether oxygens (including phenoxy) is 1. The van der Waals surface area contributed by atoms with Crippen LogP contribution in [0.15, 0.2) is 47.4 Å². The van der Waals surface area contributed by atoms with Gasteiger partial charge in [0.2, 0.25) is 5.91 Å². The molecule has 1 atom stereocenters. The quantitative estimate of drug-likeness (QED) is 0.675. The summed E-state index contributed by atoms with van der Waals surface area (Å²) in [4.78, 5) is 12.9. The zero-order valence-corrected chi connectivity index (χ0v) is 18.4. The Hall–Kier alpha value is -2.09. The highest BCUT2D eigenvalue weighted by Gasteiger charge is 2.51. The summed E-state index contributed by atoms with van der Waals surface area (Å²) in [5.41, 5.74) is 1.63. The molecule has 1 saturated heterocycles. The van der Waals surface area contributed by atoms with E-state index >= 15 is 0 Å². The Balaban J connectivity index is 1.43. The van der Waals surface area contributed by atoms with E-state index in [1.807, 2.05) is 19.1 Å². The number of carbonyl (C=O) groups excluding carboxylic acids is 1. The maximum absolute atomic E-state index is 12.8. The number of rotatable bonds is 7. The van der Waals surface area contributed by atoms with Crippen LogP contribution in [0, 0.1) is 6.92 Å². The van der Waals surface area contributed by atoms with E-state index in [9.17, 15) is 13.2 Å². The third-order valence-electron chi connectivity index (χ3n) is 5.84. The van der Waals surface area contributed by atoms with Crippen LogP contribution in [0.3, 0.4) is 0 Å². The summed E-state index contributed by atoms with van der Waals surface area (Å²) in [5, 5.41) is 3.42. The lowest BCUT2D eigenvalue weighted by molar-refractivity contribution is -0.124. The largest absolute Gasteiger partial charge is 0.376 e. The SMILES string of the molecule is Cc1ccc(S(=O)(=O)Nc2ccc(C3(C(=O)NC[C@@H]4CCCO4)CC3)cc2)cc1Cl. The van der Waals surface area contributed by atoms with Crippen LogP contribution >= 0.6 is 11.6 Å². The second kappa shape index (κ2) is 8.21. The van der Waals surface area contributed by atoms with Gasteiger partial charge in [-0.3, -0.25) is 9.52 Å². The first-order valence-corrected chi connectivity index (χ1v) is 12.0. The lowest BCUT2D eigenvalue weighted by Crippen LogP contribution is -2.39. The summed E-state index contributed by atoms with van der Waals surface area (Å²) in [6, 6.07) is 11.6. The number of anilines is 1. The van der Waals surface area contributed by atoms with E-state index < -0.39 is 15.4 Å².